The summed E-state index contributed by atoms with van der Waals surface area (Å²) in [6.45, 7) is 5.48. The van der Waals surface area contributed by atoms with Crippen LogP contribution in [0, 0.1) is 0 Å². The number of hydrogen-bond acceptors (Lipinski definition) is 3. The summed E-state index contributed by atoms with van der Waals surface area (Å²) in [5, 5.41) is 3.42. The van der Waals surface area contributed by atoms with Crippen molar-refractivity contribution in [2.24, 2.45) is 0 Å². The van der Waals surface area contributed by atoms with Crippen molar-refractivity contribution in [1.82, 2.24) is 14.8 Å². The summed E-state index contributed by atoms with van der Waals surface area (Å²) < 4.78 is 7.89. The van der Waals surface area contributed by atoms with Gasteiger partial charge in [0, 0.05) is 18.4 Å². The van der Waals surface area contributed by atoms with Gasteiger partial charge in [0.15, 0.2) is 5.76 Å². The number of carbonyl (C=O) groups is 2. The first-order chi connectivity index (χ1) is 17.5. The zero-order valence-corrected chi connectivity index (χ0v) is 21.2. The maximum absolute atomic E-state index is 13.2. The van der Waals surface area contributed by atoms with E-state index < -0.39 is 0 Å². The first-order valence-corrected chi connectivity index (χ1v) is 12.5. The molecule has 7 heteroatoms. The van der Waals surface area contributed by atoms with Gasteiger partial charge in [0.05, 0.1) is 29.7 Å². The Balaban J connectivity index is 1.43. The molecule has 0 aliphatic rings. The Kier molecular flexibility index (Phi) is 8.28. The quantitative estimate of drug-likeness (QED) is 0.275. The molecular formula is C29H30ClN3O3. The lowest BCUT2D eigenvalue weighted by Gasteiger charge is -2.23. The molecule has 1 N–H and O–H groups in total. The Bertz CT molecular complexity index is 1310. The second kappa shape index (κ2) is 11.8. The van der Waals surface area contributed by atoms with Crippen LogP contribution in [0.15, 0.2) is 89.5 Å². The van der Waals surface area contributed by atoms with E-state index in [-0.39, 0.29) is 23.6 Å². The fourth-order valence-electron chi connectivity index (χ4n) is 4.12. The lowest BCUT2D eigenvalue weighted by Crippen LogP contribution is -2.32. The van der Waals surface area contributed by atoms with Crippen LogP contribution in [0.2, 0.25) is 5.02 Å². The SMILES string of the molecule is CCCN(Cc1cccn1Cc1ccc(C(=O)NC(C)c2ccccc2)o1)C(=O)c1ccccc1Cl. The van der Waals surface area contributed by atoms with E-state index in [4.69, 9.17) is 16.0 Å². The van der Waals surface area contributed by atoms with Crippen LogP contribution in [0.4, 0.5) is 0 Å². The summed E-state index contributed by atoms with van der Waals surface area (Å²) in [6.07, 6.45) is 2.77. The van der Waals surface area contributed by atoms with Crippen LogP contribution in [0.25, 0.3) is 0 Å². The largest absolute Gasteiger partial charge is 0.454 e. The minimum absolute atomic E-state index is 0.0975. The predicted molar refractivity (Wildman–Crippen MR) is 141 cm³/mol. The molecule has 4 aromatic rings. The van der Waals surface area contributed by atoms with Crippen molar-refractivity contribution in [3.05, 3.63) is 118 Å². The number of aromatic nitrogens is 1. The number of nitrogens with one attached hydrogen (secondary N) is 1. The number of halogens is 1. The number of nitrogens with zero attached hydrogens (tertiary/aromatic N) is 2. The second-order valence-corrected chi connectivity index (χ2v) is 9.11. The van der Waals surface area contributed by atoms with E-state index in [2.05, 4.69) is 5.32 Å². The third kappa shape index (κ3) is 6.07. The number of hydrogen-bond donors (Lipinski definition) is 1. The summed E-state index contributed by atoms with van der Waals surface area (Å²) in [4.78, 5) is 27.7. The van der Waals surface area contributed by atoms with Crippen molar-refractivity contribution in [3.8, 4) is 0 Å². The van der Waals surface area contributed by atoms with Crippen LogP contribution in [-0.2, 0) is 13.1 Å². The summed E-state index contributed by atoms with van der Waals surface area (Å²) in [6, 6.07) is 24.2. The first kappa shape index (κ1) is 25.3. The lowest BCUT2D eigenvalue weighted by atomic mass is 10.1. The van der Waals surface area contributed by atoms with Gasteiger partial charge in [-0.25, -0.2) is 0 Å². The number of benzene rings is 2. The smallest absolute Gasteiger partial charge is 0.287 e. The van der Waals surface area contributed by atoms with Gasteiger partial charge in [-0.05, 0) is 55.3 Å². The molecule has 2 amide bonds. The summed E-state index contributed by atoms with van der Waals surface area (Å²) in [5.41, 5.74) is 2.48. The normalized spacial score (nSPS) is 11.8. The molecule has 2 aromatic heterocycles. The third-order valence-electron chi connectivity index (χ3n) is 6.02. The third-order valence-corrected chi connectivity index (χ3v) is 6.35. The molecule has 2 aromatic carbocycles. The van der Waals surface area contributed by atoms with Gasteiger partial charge in [0.1, 0.15) is 5.76 Å². The molecule has 0 fully saturated rings. The van der Waals surface area contributed by atoms with Crippen molar-refractivity contribution in [2.75, 3.05) is 6.54 Å². The standard InChI is InChI=1S/C29H30ClN3O3/c1-3-17-33(29(35)25-13-7-8-14-26(25)30)19-23-12-9-18-32(23)20-24-15-16-27(36-24)28(34)31-21(2)22-10-5-4-6-11-22/h4-16,18,21H,3,17,19-20H2,1-2H3,(H,31,34). The van der Waals surface area contributed by atoms with Gasteiger partial charge in [-0.2, -0.15) is 0 Å². The fraction of sp³-hybridized carbons (Fsp3) is 0.241. The van der Waals surface area contributed by atoms with E-state index in [1.807, 2.05) is 85.3 Å². The van der Waals surface area contributed by atoms with Gasteiger partial charge in [0.2, 0.25) is 0 Å². The predicted octanol–water partition coefficient (Wildman–Crippen LogP) is 6.33. The number of amides is 2. The highest BCUT2D eigenvalue weighted by molar-refractivity contribution is 6.33. The maximum Gasteiger partial charge on any atom is 0.287 e. The van der Waals surface area contributed by atoms with Gasteiger partial charge in [-0.1, -0.05) is 61.0 Å². The van der Waals surface area contributed by atoms with Gasteiger partial charge in [0.25, 0.3) is 11.8 Å². The monoisotopic (exact) mass is 503 g/mol. The van der Waals surface area contributed by atoms with Crippen molar-refractivity contribution in [2.45, 2.75) is 39.4 Å². The molecule has 1 atom stereocenters. The van der Waals surface area contributed by atoms with Crippen LogP contribution >= 0.6 is 11.6 Å². The molecular weight excluding hydrogens is 474 g/mol. The van der Waals surface area contributed by atoms with Crippen LogP contribution in [-0.4, -0.2) is 27.8 Å². The minimum atomic E-state index is -0.259. The maximum atomic E-state index is 13.2. The Morgan fingerprint density at radius 1 is 1.00 bits per heavy atom. The minimum Gasteiger partial charge on any atom is -0.454 e. The second-order valence-electron chi connectivity index (χ2n) is 8.71. The van der Waals surface area contributed by atoms with E-state index in [0.717, 1.165) is 17.7 Å². The highest BCUT2D eigenvalue weighted by Gasteiger charge is 2.20. The Hall–Kier alpha value is -3.77. The summed E-state index contributed by atoms with van der Waals surface area (Å²) >= 11 is 6.28. The molecule has 6 nitrogen and oxygen atoms in total. The molecule has 0 aliphatic carbocycles. The fourth-order valence-corrected chi connectivity index (χ4v) is 4.33. The van der Waals surface area contributed by atoms with Crippen LogP contribution in [0.5, 0.6) is 0 Å². The van der Waals surface area contributed by atoms with Crippen LogP contribution in [0.3, 0.4) is 0 Å². The molecule has 0 spiro atoms. The molecule has 0 radical (unpaired) electrons. The molecule has 36 heavy (non-hydrogen) atoms. The average molecular weight is 504 g/mol. The van der Waals surface area contributed by atoms with Gasteiger partial charge in [-0.3, -0.25) is 9.59 Å². The lowest BCUT2D eigenvalue weighted by molar-refractivity contribution is 0.0739. The molecule has 0 bridgehead atoms. The molecule has 0 saturated heterocycles. The van der Waals surface area contributed by atoms with E-state index in [1.165, 1.54) is 0 Å². The molecule has 186 valence electrons. The first-order valence-electron chi connectivity index (χ1n) is 12.1. The highest BCUT2D eigenvalue weighted by atomic mass is 35.5. The van der Waals surface area contributed by atoms with Crippen LogP contribution in [0.1, 0.15) is 64.2 Å². The number of rotatable bonds is 10. The average Bonchev–Trinajstić information content (AvgIpc) is 3.54. The van der Waals surface area contributed by atoms with Crippen molar-refractivity contribution in [3.63, 3.8) is 0 Å². The Morgan fingerprint density at radius 3 is 2.50 bits per heavy atom. The van der Waals surface area contributed by atoms with Gasteiger partial charge >= 0.3 is 0 Å². The summed E-state index contributed by atoms with van der Waals surface area (Å²) in [5.74, 6) is 0.567. The molecule has 2 heterocycles. The zero-order chi connectivity index (χ0) is 25.5. The molecule has 0 saturated carbocycles. The van der Waals surface area contributed by atoms with E-state index in [9.17, 15) is 9.59 Å². The van der Waals surface area contributed by atoms with E-state index in [1.54, 1.807) is 23.1 Å². The number of carbonyl (C=O) groups excluding carboxylic acids is 2. The zero-order valence-electron chi connectivity index (χ0n) is 20.5. The van der Waals surface area contributed by atoms with Gasteiger partial charge in [-0.15, -0.1) is 0 Å². The Morgan fingerprint density at radius 2 is 1.75 bits per heavy atom. The topological polar surface area (TPSA) is 67.5 Å². The molecule has 1 unspecified atom stereocenters. The van der Waals surface area contributed by atoms with E-state index >= 15 is 0 Å². The van der Waals surface area contributed by atoms with Crippen molar-refractivity contribution < 1.29 is 14.0 Å². The molecule has 4 rings (SSSR count). The Labute approximate surface area is 216 Å². The van der Waals surface area contributed by atoms with Crippen molar-refractivity contribution >= 4 is 23.4 Å². The summed E-state index contributed by atoms with van der Waals surface area (Å²) in [7, 11) is 0. The van der Waals surface area contributed by atoms with E-state index in [0.29, 0.717) is 36.0 Å². The highest BCUT2D eigenvalue weighted by Crippen LogP contribution is 2.20. The number of furan rings is 1. The van der Waals surface area contributed by atoms with Gasteiger partial charge < -0.3 is 19.2 Å². The molecule has 0 aliphatic heterocycles. The van der Waals surface area contributed by atoms with Crippen LogP contribution < -0.4 is 5.32 Å². The van der Waals surface area contributed by atoms with Crippen molar-refractivity contribution in [1.29, 1.82) is 0 Å².